The van der Waals surface area contributed by atoms with Crippen molar-refractivity contribution in [3.05, 3.63) is 29.8 Å². The molecule has 1 saturated heterocycles. The predicted octanol–water partition coefficient (Wildman–Crippen LogP) is -2.07. The Kier molecular flexibility index (Phi) is 22.2. The third-order valence-corrected chi connectivity index (χ3v) is 7.11. The molecule has 21 nitrogen and oxygen atoms in total. The Balaban J connectivity index is 0.00000197. The van der Waals surface area contributed by atoms with E-state index in [2.05, 4.69) is 31.6 Å². The van der Waals surface area contributed by atoms with Crippen LogP contribution in [-0.2, 0) is 44.8 Å². The van der Waals surface area contributed by atoms with Gasteiger partial charge in [-0.3, -0.25) is 33.8 Å². The van der Waals surface area contributed by atoms with Crippen LogP contribution in [0.3, 0.4) is 0 Å². The second-order valence-electron chi connectivity index (χ2n) is 11.8. The number of carbonyl (C=O) groups excluding carboxylic acids is 5. The van der Waals surface area contributed by atoms with Gasteiger partial charge in [0.15, 0.2) is 5.96 Å². The topological polar surface area (TPSA) is 368 Å². The van der Waals surface area contributed by atoms with Gasteiger partial charge in [0.25, 0.3) is 0 Å². The highest BCUT2D eigenvalue weighted by molar-refractivity contribution is 5.98. The highest BCUT2D eigenvalue weighted by atomic mass is 19.4. The number of carboxylic acid groups (broad SMARTS) is 3. The summed E-state index contributed by atoms with van der Waals surface area (Å²) < 4.78 is 63.5. The lowest BCUT2D eigenvalue weighted by Gasteiger charge is -2.26. The molecule has 0 aliphatic carbocycles. The first-order valence-electron chi connectivity index (χ1n) is 16.6. The molecule has 0 spiro atoms. The van der Waals surface area contributed by atoms with Crippen molar-refractivity contribution in [3.63, 3.8) is 0 Å². The number of rotatable bonds is 12. The number of nitrogens with two attached hydrogens (primary N) is 3. The van der Waals surface area contributed by atoms with Crippen molar-refractivity contribution in [1.82, 2.24) is 26.6 Å². The number of amides is 5. The summed E-state index contributed by atoms with van der Waals surface area (Å²) in [6.45, 7) is -0.136. The van der Waals surface area contributed by atoms with Crippen LogP contribution in [0.25, 0.3) is 0 Å². The third-order valence-electron chi connectivity index (χ3n) is 7.11. The molecule has 0 radical (unpaired) electrons. The molecule has 1 fully saturated rings. The van der Waals surface area contributed by atoms with E-state index in [1.807, 2.05) is 0 Å². The Morgan fingerprint density at radius 2 is 1.14 bits per heavy atom. The molecule has 1 aromatic rings. The van der Waals surface area contributed by atoms with Gasteiger partial charge < -0.3 is 64.2 Å². The zero-order chi connectivity index (χ0) is 44.8. The molecule has 0 saturated carbocycles. The SMILES string of the molecule is NCCCC[C@@H]1NC(=O)[C@@H](Cc2ccc(O)cc2)NC(=O)[C@H](CC(=O)O)NC(=O)CNC(=O)[C@H](CCCN=C(N)N)NC1=O.O=C(O)C(F)(F)F.O=C(O)C(F)(F)F. The number of benzene rings is 1. The molecule has 1 aliphatic rings. The third kappa shape index (κ3) is 22.2. The number of aromatic hydroxyl groups is 1. The van der Waals surface area contributed by atoms with E-state index in [4.69, 9.17) is 37.0 Å². The van der Waals surface area contributed by atoms with E-state index < -0.39 is 96.9 Å². The molecular formula is C31H43F6N9O12. The van der Waals surface area contributed by atoms with Gasteiger partial charge in [0.2, 0.25) is 29.5 Å². The van der Waals surface area contributed by atoms with Gasteiger partial charge in [-0.25, -0.2) is 9.59 Å². The number of nitrogens with zero attached hydrogens (tertiary/aromatic N) is 1. The van der Waals surface area contributed by atoms with Gasteiger partial charge in [0.05, 0.1) is 13.0 Å². The Bertz CT molecular complexity index is 1580. The average molecular weight is 848 g/mol. The normalized spacial score (nSPS) is 19.3. The number of carboxylic acids is 3. The molecule has 1 aromatic carbocycles. The maximum Gasteiger partial charge on any atom is 0.490 e. The van der Waals surface area contributed by atoms with E-state index in [9.17, 15) is 65.3 Å². The number of phenols is 1. The molecule has 5 amide bonds. The van der Waals surface area contributed by atoms with Gasteiger partial charge in [0.1, 0.15) is 29.9 Å². The van der Waals surface area contributed by atoms with Gasteiger partial charge in [-0.15, -0.1) is 0 Å². The van der Waals surface area contributed by atoms with Crippen molar-refractivity contribution >= 4 is 53.4 Å². The molecule has 0 aromatic heterocycles. The fourth-order valence-corrected chi connectivity index (χ4v) is 4.35. The van der Waals surface area contributed by atoms with Gasteiger partial charge in [-0.2, -0.15) is 26.3 Å². The maximum atomic E-state index is 13.6. The van der Waals surface area contributed by atoms with E-state index in [1.165, 1.54) is 24.3 Å². The second kappa shape index (κ2) is 25.0. The van der Waals surface area contributed by atoms with E-state index >= 15 is 0 Å². The minimum Gasteiger partial charge on any atom is -0.508 e. The van der Waals surface area contributed by atoms with Gasteiger partial charge in [-0.1, -0.05) is 12.1 Å². The minimum absolute atomic E-state index is 0.0267. The number of hydrogen-bond donors (Lipinski definition) is 12. The summed E-state index contributed by atoms with van der Waals surface area (Å²) in [5.74, 6) is -11.1. The van der Waals surface area contributed by atoms with Crippen molar-refractivity contribution < 1.29 is 85.1 Å². The molecule has 326 valence electrons. The van der Waals surface area contributed by atoms with Crippen LogP contribution in [0.15, 0.2) is 29.3 Å². The van der Waals surface area contributed by atoms with Crippen molar-refractivity contribution in [3.8, 4) is 5.75 Å². The molecule has 1 aliphatic heterocycles. The number of nitrogens with one attached hydrogen (secondary N) is 5. The summed E-state index contributed by atoms with van der Waals surface area (Å²) in [5, 5.41) is 45.6. The summed E-state index contributed by atoms with van der Waals surface area (Å²) in [6, 6.07) is 0.627. The average Bonchev–Trinajstić information content (AvgIpc) is 3.10. The Hall–Kier alpha value is -6.41. The van der Waals surface area contributed by atoms with Gasteiger partial charge in [-0.05, 0) is 56.3 Å². The van der Waals surface area contributed by atoms with Crippen LogP contribution >= 0.6 is 0 Å². The number of halogens is 6. The number of aliphatic carboxylic acids is 3. The highest BCUT2D eigenvalue weighted by Crippen LogP contribution is 2.15. The lowest BCUT2D eigenvalue weighted by atomic mass is 10.0. The smallest absolute Gasteiger partial charge is 0.490 e. The molecular weight excluding hydrogens is 804 g/mol. The Morgan fingerprint density at radius 1 is 0.690 bits per heavy atom. The van der Waals surface area contributed by atoms with Crippen LogP contribution < -0.4 is 43.8 Å². The standard InChI is InChI=1S/C27H41N9O8.2C2HF3O2/c28-10-2-1-4-18-24(42)34-17(5-3-11-31-27(29)30)23(41)32-14-21(38)33-20(13-22(39)40)26(44)36-19(25(43)35-18)12-15-6-8-16(37)9-7-15;2*3-2(4,5)1(6)7/h6-9,17-20,37H,1-5,10-14,28H2,(H,32,41)(H,33,38)(H,34,42)(H,35,43)(H,36,44)(H,39,40)(H4,29,30,31);2*(H,6,7)/t17-,18-,19+,20-;;/m0../s1. The van der Waals surface area contributed by atoms with Crippen LogP contribution in [0.1, 0.15) is 44.1 Å². The van der Waals surface area contributed by atoms with E-state index in [-0.39, 0.29) is 43.9 Å². The van der Waals surface area contributed by atoms with Crippen LogP contribution in [0, 0.1) is 0 Å². The lowest BCUT2D eigenvalue weighted by molar-refractivity contribution is -0.193. The quantitative estimate of drug-likeness (QED) is 0.0465. The highest BCUT2D eigenvalue weighted by Gasteiger charge is 2.39. The molecule has 2 rings (SSSR count). The number of unbranched alkanes of at least 4 members (excludes halogenated alkanes) is 1. The Labute approximate surface area is 324 Å². The summed E-state index contributed by atoms with van der Waals surface area (Å²) in [4.78, 5) is 99.0. The van der Waals surface area contributed by atoms with E-state index in [0.29, 0.717) is 24.9 Å². The molecule has 1 heterocycles. The number of carbonyl (C=O) groups is 8. The van der Waals surface area contributed by atoms with Crippen molar-refractivity contribution in [1.29, 1.82) is 0 Å². The van der Waals surface area contributed by atoms with Crippen molar-refractivity contribution in [2.45, 2.75) is 81.5 Å². The molecule has 0 bridgehead atoms. The first-order valence-corrected chi connectivity index (χ1v) is 16.6. The zero-order valence-electron chi connectivity index (χ0n) is 30.2. The summed E-state index contributed by atoms with van der Waals surface area (Å²) in [5.41, 5.74) is 16.8. The van der Waals surface area contributed by atoms with Crippen LogP contribution in [0.2, 0.25) is 0 Å². The molecule has 0 unspecified atom stereocenters. The van der Waals surface area contributed by atoms with Crippen LogP contribution in [-0.4, -0.2) is 130 Å². The first kappa shape index (κ1) is 51.6. The largest absolute Gasteiger partial charge is 0.508 e. The van der Waals surface area contributed by atoms with Crippen LogP contribution in [0.5, 0.6) is 5.75 Å². The zero-order valence-corrected chi connectivity index (χ0v) is 30.2. The summed E-state index contributed by atoms with van der Waals surface area (Å²) in [6.07, 6.45) is -9.58. The number of alkyl halides is 6. The summed E-state index contributed by atoms with van der Waals surface area (Å²) in [7, 11) is 0. The fraction of sp³-hybridized carbons (Fsp3) is 0.516. The van der Waals surface area contributed by atoms with Gasteiger partial charge in [0, 0.05) is 13.0 Å². The van der Waals surface area contributed by atoms with Crippen LogP contribution in [0.4, 0.5) is 26.3 Å². The monoisotopic (exact) mass is 847 g/mol. The first-order chi connectivity index (χ1) is 26.8. The van der Waals surface area contributed by atoms with E-state index in [0.717, 1.165) is 0 Å². The predicted molar refractivity (Wildman–Crippen MR) is 185 cm³/mol. The molecule has 15 N–H and O–H groups in total. The Morgan fingerprint density at radius 3 is 1.60 bits per heavy atom. The molecule has 58 heavy (non-hydrogen) atoms. The second-order valence-corrected chi connectivity index (χ2v) is 11.8. The number of hydrogen-bond acceptors (Lipinski definition) is 11. The van der Waals surface area contributed by atoms with E-state index in [1.54, 1.807) is 0 Å². The number of guanidine groups is 1. The number of phenolic OH excluding ortho intramolecular Hbond substituents is 1. The molecule has 27 heteroatoms. The summed E-state index contributed by atoms with van der Waals surface area (Å²) >= 11 is 0. The fourth-order valence-electron chi connectivity index (χ4n) is 4.35. The lowest BCUT2D eigenvalue weighted by Crippen LogP contribution is -2.58. The van der Waals surface area contributed by atoms with Gasteiger partial charge >= 0.3 is 30.3 Å². The van der Waals surface area contributed by atoms with Crippen molar-refractivity contribution in [2.75, 3.05) is 19.6 Å². The van der Waals surface area contributed by atoms with Crippen molar-refractivity contribution in [2.24, 2.45) is 22.2 Å². The minimum atomic E-state index is -5.08. The maximum absolute atomic E-state index is 13.6. The number of aliphatic imine (C=N–C) groups is 1. The molecule has 4 atom stereocenters.